The molecule has 0 aromatic carbocycles. The molecule has 1 fully saturated rings. The molecule has 94 valence electrons. The second-order valence-corrected chi connectivity index (χ2v) is 5.38. The van der Waals surface area contributed by atoms with Gasteiger partial charge in [0.15, 0.2) is 0 Å². The van der Waals surface area contributed by atoms with E-state index in [2.05, 4.69) is 20.9 Å². The minimum Gasteiger partial charge on any atom is -0.381 e. The summed E-state index contributed by atoms with van der Waals surface area (Å²) in [6, 6.07) is 2.05. The molecule has 0 N–H and O–H groups in total. The first-order valence-electron chi connectivity index (χ1n) is 6.01. The summed E-state index contributed by atoms with van der Waals surface area (Å²) >= 11 is 3.41. The van der Waals surface area contributed by atoms with Crippen LogP contribution in [0.15, 0.2) is 22.9 Å². The number of pyridine rings is 1. The molecule has 0 aliphatic heterocycles. The van der Waals surface area contributed by atoms with Gasteiger partial charge in [-0.2, -0.15) is 0 Å². The quantitative estimate of drug-likeness (QED) is 0.855. The van der Waals surface area contributed by atoms with E-state index in [0.717, 1.165) is 29.3 Å². The number of methoxy groups -OCH3 is 1. The maximum absolute atomic E-state index is 5.92. The molecule has 1 aliphatic carbocycles. The first-order chi connectivity index (χ1) is 8.28. The standard InChI is InChI=1S/C13H18BrNO2/c1-16-12-3-2-4-13(6-12)17-9-10-5-11(14)8-15-7-10/h5,7-8,12-13H,2-4,6,9H2,1H3. The Morgan fingerprint density at radius 2 is 2.18 bits per heavy atom. The molecule has 3 nitrogen and oxygen atoms in total. The monoisotopic (exact) mass is 299 g/mol. The van der Waals surface area contributed by atoms with E-state index < -0.39 is 0 Å². The molecule has 0 saturated heterocycles. The van der Waals surface area contributed by atoms with Gasteiger partial charge < -0.3 is 9.47 Å². The van der Waals surface area contributed by atoms with Crippen molar-refractivity contribution < 1.29 is 9.47 Å². The van der Waals surface area contributed by atoms with Crippen molar-refractivity contribution in [2.45, 2.75) is 44.5 Å². The summed E-state index contributed by atoms with van der Waals surface area (Å²) in [6.07, 6.45) is 8.84. The lowest BCUT2D eigenvalue weighted by Gasteiger charge is -2.28. The number of rotatable bonds is 4. The van der Waals surface area contributed by atoms with E-state index >= 15 is 0 Å². The van der Waals surface area contributed by atoms with E-state index in [4.69, 9.17) is 9.47 Å². The predicted molar refractivity (Wildman–Crippen MR) is 69.8 cm³/mol. The highest BCUT2D eigenvalue weighted by Gasteiger charge is 2.22. The van der Waals surface area contributed by atoms with Crippen molar-refractivity contribution in [3.05, 3.63) is 28.5 Å². The van der Waals surface area contributed by atoms with E-state index in [1.807, 2.05) is 12.3 Å². The van der Waals surface area contributed by atoms with Crippen LogP contribution in [0.3, 0.4) is 0 Å². The Morgan fingerprint density at radius 3 is 2.94 bits per heavy atom. The van der Waals surface area contributed by atoms with Crippen molar-refractivity contribution in [1.82, 2.24) is 4.98 Å². The molecular weight excluding hydrogens is 282 g/mol. The SMILES string of the molecule is COC1CCCC(OCc2cncc(Br)c2)C1. The molecule has 1 saturated carbocycles. The number of nitrogens with zero attached hydrogens (tertiary/aromatic N) is 1. The second kappa shape index (κ2) is 6.47. The van der Waals surface area contributed by atoms with Crippen LogP contribution in [0.1, 0.15) is 31.2 Å². The minimum atomic E-state index is 0.327. The lowest BCUT2D eigenvalue weighted by Crippen LogP contribution is -2.27. The molecule has 0 amide bonds. The average molecular weight is 300 g/mol. The molecule has 1 aliphatic rings. The molecule has 0 radical (unpaired) electrons. The van der Waals surface area contributed by atoms with Gasteiger partial charge in [-0.1, -0.05) is 0 Å². The van der Waals surface area contributed by atoms with Gasteiger partial charge in [0, 0.05) is 24.0 Å². The maximum atomic E-state index is 5.92. The first kappa shape index (κ1) is 13.0. The fourth-order valence-electron chi connectivity index (χ4n) is 2.22. The summed E-state index contributed by atoms with van der Waals surface area (Å²) in [5.41, 5.74) is 1.11. The van der Waals surface area contributed by atoms with Gasteiger partial charge in [-0.3, -0.25) is 4.98 Å². The normalized spacial score (nSPS) is 24.8. The lowest BCUT2D eigenvalue weighted by molar-refractivity contribution is -0.0364. The molecule has 1 aromatic rings. The fraction of sp³-hybridized carbons (Fsp3) is 0.615. The van der Waals surface area contributed by atoms with E-state index in [-0.39, 0.29) is 0 Å². The summed E-state index contributed by atoms with van der Waals surface area (Å²) in [5.74, 6) is 0. The lowest BCUT2D eigenvalue weighted by atomic mass is 9.95. The molecule has 2 rings (SSSR count). The molecule has 1 aromatic heterocycles. The number of hydrogen-bond acceptors (Lipinski definition) is 3. The van der Waals surface area contributed by atoms with Crippen LogP contribution in [0.2, 0.25) is 0 Å². The maximum Gasteiger partial charge on any atom is 0.0736 e. The van der Waals surface area contributed by atoms with E-state index in [1.165, 1.54) is 6.42 Å². The highest BCUT2D eigenvalue weighted by Crippen LogP contribution is 2.24. The van der Waals surface area contributed by atoms with Crippen LogP contribution in [0.5, 0.6) is 0 Å². The van der Waals surface area contributed by atoms with Crippen molar-refractivity contribution >= 4 is 15.9 Å². The summed E-state index contributed by atoms with van der Waals surface area (Å²) in [5, 5.41) is 0. The van der Waals surface area contributed by atoms with E-state index in [1.54, 1.807) is 13.3 Å². The van der Waals surface area contributed by atoms with Gasteiger partial charge in [0.2, 0.25) is 0 Å². The van der Waals surface area contributed by atoms with Crippen LogP contribution < -0.4 is 0 Å². The molecule has 0 bridgehead atoms. The van der Waals surface area contributed by atoms with Gasteiger partial charge in [0.25, 0.3) is 0 Å². The van der Waals surface area contributed by atoms with Crippen molar-refractivity contribution in [3.63, 3.8) is 0 Å². The first-order valence-corrected chi connectivity index (χ1v) is 6.81. The summed E-state index contributed by atoms with van der Waals surface area (Å²) in [4.78, 5) is 4.13. The summed E-state index contributed by atoms with van der Waals surface area (Å²) in [6.45, 7) is 0.632. The Bertz CT molecular complexity index is 359. The van der Waals surface area contributed by atoms with E-state index in [9.17, 15) is 0 Å². The Kier molecular flexibility index (Phi) is 4.95. The third-order valence-electron chi connectivity index (χ3n) is 3.16. The molecule has 2 unspecified atom stereocenters. The Balaban J connectivity index is 1.81. The number of aromatic nitrogens is 1. The zero-order valence-corrected chi connectivity index (χ0v) is 11.6. The third kappa shape index (κ3) is 4.05. The molecule has 17 heavy (non-hydrogen) atoms. The zero-order chi connectivity index (χ0) is 12.1. The minimum absolute atomic E-state index is 0.327. The Hall–Kier alpha value is -0.450. The third-order valence-corrected chi connectivity index (χ3v) is 3.59. The van der Waals surface area contributed by atoms with Crippen molar-refractivity contribution in [1.29, 1.82) is 0 Å². The largest absolute Gasteiger partial charge is 0.381 e. The van der Waals surface area contributed by atoms with Crippen LogP contribution in [-0.4, -0.2) is 24.3 Å². The van der Waals surface area contributed by atoms with Crippen LogP contribution in [0, 0.1) is 0 Å². The smallest absolute Gasteiger partial charge is 0.0736 e. The second-order valence-electron chi connectivity index (χ2n) is 4.47. The van der Waals surface area contributed by atoms with Crippen LogP contribution in [0.25, 0.3) is 0 Å². The highest BCUT2D eigenvalue weighted by molar-refractivity contribution is 9.10. The van der Waals surface area contributed by atoms with Crippen LogP contribution in [0.4, 0.5) is 0 Å². The average Bonchev–Trinajstić information content (AvgIpc) is 2.37. The molecular formula is C13H18BrNO2. The van der Waals surface area contributed by atoms with E-state index in [0.29, 0.717) is 18.8 Å². The van der Waals surface area contributed by atoms with Gasteiger partial charge in [0.1, 0.15) is 0 Å². The number of halogens is 1. The number of ether oxygens (including phenoxy) is 2. The van der Waals surface area contributed by atoms with Gasteiger partial charge in [-0.05, 0) is 53.2 Å². The van der Waals surface area contributed by atoms with Gasteiger partial charge in [0.05, 0.1) is 18.8 Å². The Morgan fingerprint density at radius 1 is 1.35 bits per heavy atom. The van der Waals surface area contributed by atoms with Crippen LogP contribution >= 0.6 is 15.9 Å². The van der Waals surface area contributed by atoms with Crippen molar-refractivity contribution in [3.8, 4) is 0 Å². The summed E-state index contributed by atoms with van der Waals surface area (Å²) in [7, 11) is 1.78. The van der Waals surface area contributed by atoms with Crippen molar-refractivity contribution in [2.75, 3.05) is 7.11 Å². The van der Waals surface area contributed by atoms with Crippen LogP contribution in [-0.2, 0) is 16.1 Å². The zero-order valence-electron chi connectivity index (χ0n) is 10.1. The van der Waals surface area contributed by atoms with Gasteiger partial charge in [-0.25, -0.2) is 0 Å². The molecule has 0 spiro atoms. The highest BCUT2D eigenvalue weighted by atomic mass is 79.9. The fourth-order valence-corrected chi connectivity index (χ4v) is 2.63. The molecule has 1 heterocycles. The molecule has 2 atom stereocenters. The molecule has 4 heteroatoms. The predicted octanol–water partition coefficient (Wildman–Crippen LogP) is 3.32. The topological polar surface area (TPSA) is 31.4 Å². The Labute approximate surface area is 111 Å². The number of hydrogen-bond donors (Lipinski definition) is 0. The van der Waals surface area contributed by atoms with Gasteiger partial charge in [-0.15, -0.1) is 0 Å². The van der Waals surface area contributed by atoms with Gasteiger partial charge >= 0.3 is 0 Å². The summed E-state index contributed by atoms with van der Waals surface area (Å²) < 4.78 is 12.3. The van der Waals surface area contributed by atoms with Crippen molar-refractivity contribution in [2.24, 2.45) is 0 Å².